The number of fused-ring (bicyclic) bond motifs is 1. The van der Waals surface area contributed by atoms with Crippen LogP contribution < -0.4 is 21.2 Å². The Kier molecular flexibility index (Phi) is 6.24. The number of hydrogen-bond acceptors (Lipinski definition) is 7. The topological polar surface area (TPSA) is 166 Å². The third kappa shape index (κ3) is 4.64. The highest BCUT2D eigenvalue weighted by atomic mass is 19.1. The van der Waals surface area contributed by atoms with Gasteiger partial charge >= 0.3 is 5.69 Å². The molecule has 3 heterocycles. The fourth-order valence-electron chi connectivity index (χ4n) is 4.12. The SMILES string of the molecule is Cc1cc(CNC(=O)c2cc(C(=O)N[C@H]3C(=O)N(C)c4cc(-c5n[nH]c(=O)[nH]5)ccc43)ncn2)ccc1F. The highest BCUT2D eigenvalue weighted by Gasteiger charge is 2.37. The molecule has 4 aromatic rings. The summed E-state index contributed by atoms with van der Waals surface area (Å²) >= 11 is 0. The predicted molar refractivity (Wildman–Crippen MR) is 133 cm³/mol. The van der Waals surface area contributed by atoms with Crippen LogP contribution in [0.2, 0.25) is 0 Å². The number of aromatic amines is 2. The Balaban J connectivity index is 1.30. The van der Waals surface area contributed by atoms with Crippen LogP contribution in [0.1, 0.15) is 43.7 Å². The Labute approximate surface area is 214 Å². The van der Waals surface area contributed by atoms with Gasteiger partial charge in [-0.15, -0.1) is 0 Å². The lowest BCUT2D eigenvalue weighted by Gasteiger charge is -2.13. The van der Waals surface area contributed by atoms with Crippen LogP contribution in [0.5, 0.6) is 0 Å². The van der Waals surface area contributed by atoms with Crippen molar-refractivity contribution in [3.63, 3.8) is 0 Å². The second kappa shape index (κ2) is 9.69. The van der Waals surface area contributed by atoms with Gasteiger partial charge in [-0.1, -0.05) is 24.3 Å². The van der Waals surface area contributed by atoms with Crippen LogP contribution in [0, 0.1) is 12.7 Å². The molecule has 192 valence electrons. The van der Waals surface area contributed by atoms with Crippen LogP contribution >= 0.6 is 0 Å². The summed E-state index contributed by atoms with van der Waals surface area (Å²) in [4.78, 5) is 61.7. The van der Waals surface area contributed by atoms with Crippen molar-refractivity contribution >= 4 is 23.4 Å². The zero-order valence-corrected chi connectivity index (χ0v) is 20.2. The molecule has 1 aliphatic rings. The van der Waals surface area contributed by atoms with E-state index in [9.17, 15) is 23.6 Å². The van der Waals surface area contributed by atoms with E-state index < -0.39 is 23.5 Å². The van der Waals surface area contributed by atoms with Gasteiger partial charge in [-0.2, -0.15) is 5.10 Å². The molecule has 13 heteroatoms. The Hall–Kier alpha value is -5.20. The summed E-state index contributed by atoms with van der Waals surface area (Å²) in [7, 11) is 1.57. The van der Waals surface area contributed by atoms with Crippen molar-refractivity contribution in [3.8, 4) is 11.4 Å². The van der Waals surface area contributed by atoms with Crippen molar-refractivity contribution in [1.82, 2.24) is 35.8 Å². The molecule has 0 spiro atoms. The van der Waals surface area contributed by atoms with E-state index in [1.165, 1.54) is 17.0 Å². The normalized spacial score (nSPS) is 14.3. The summed E-state index contributed by atoms with van der Waals surface area (Å²) in [6.45, 7) is 1.76. The molecule has 5 rings (SSSR count). The maximum absolute atomic E-state index is 13.5. The van der Waals surface area contributed by atoms with E-state index in [-0.39, 0.29) is 29.7 Å². The fraction of sp³-hybridized carbons (Fsp3) is 0.160. The van der Waals surface area contributed by atoms with E-state index in [0.717, 1.165) is 6.33 Å². The predicted octanol–water partition coefficient (Wildman–Crippen LogP) is 1.38. The molecule has 12 nitrogen and oxygen atoms in total. The maximum atomic E-state index is 13.5. The highest BCUT2D eigenvalue weighted by molar-refractivity contribution is 6.08. The molecule has 0 bridgehead atoms. The van der Waals surface area contributed by atoms with E-state index in [1.807, 2.05) is 0 Å². The molecule has 0 fully saturated rings. The standard InChI is InChI=1S/C25H21FN8O4/c1-12-7-13(3-6-16(12)26)10-27-22(35)17-9-18(29-11-28-17)23(36)30-20-15-5-4-14(21-31-25(38)33-32-21)8-19(15)34(2)24(20)37/h3-9,11,20H,10H2,1-2H3,(H,27,35)(H,30,36)(H2,31,32,33,38)/t20-/m1/s1. The van der Waals surface area contributed by atoms with Gasteiger partial charge in [0.2, 0.25) is 0 Å². The van der Waals surface area contributed by atoms with Gasteiger partial charge in [0, 0.05) is 36.5 Å². The van der Waals surface area contributed by atoms with E-state index in [2.05, 4.69) is 35.8 Å². The van der Waals surface area contributed by atoms with Crippen molar-refractivity contribution in [3.05, 3.63) is 93.2 Å². The highest BCUT2D eigenvalue weighted by Crippen LogP contribution is 2.37. The van der Waals surface area contributed by atoms with Crippen molar-refractivity contribution in [2.45, 2.75) is 19.5 Å². The third-order valence-corrected chi connectivity index (χ3v) is 6.14. The van der Waals surface area contributed by atoms with Gasteiger partial charge in [-0.3, -0.25) is 19.4 Å². The van der Waals surface area contributed by atoms with Crippen molar-refractivity contribution in [2.75, 3.05) is 11.9 Å². The van der Waals surface area contributed by atoms with Crippen LogP contribution in [0.15, 0.2) is 53.6 Å². The van der Waals surface area contributed by atoms with Crippen LogP contribution in [0.25, 0.3) is 11.4 Å². The van der Waals surface area contributed by atoms with Gasteiger partial charge in [0.25, 0.3) is 17.7 Å². The van der Waals surface area contributed by atoms with E-state index in [0.29, 0.717) is 33.8 Å². The number of aryl methyl sites for hydroxylation is 1. The third-order valence-electron chi connectivity index (χ3n) is 6.14. The summed E-state index contributed by atoms with van der Waals surface area (Å²) < 4.78 is 13.5. The number of nitrogens with zero attached hydrogens (tertiary/aromatic N) is 4. The zero-order valence-electron chi connectivity index (χ0n) is 20.2. The van der Waals surface area contributed by atoms with Gasteiger partial charge in [0.15, 0.2) is 5.82 Å². The Morgan fingerprint density at radius 3 is 2.53 bits per heavy atom. The largest absolute Gasteiger partial charge is 0.347 e. The molecule has 0 radical (unpaired) electrons. The monoisotopic (exact) mass is 516 g/mol. The number of benzene rings is 2. The Bertz CT molecular complexity index is 1650. The summed E-state index contributed by atoms with van der Waals surface area (Å²) in [5.74, 6) is -1.61. The molecular formula is C25H21FN8O4. The molecule has 38 heavy (non-hydrogen) atoms. The number of hydrogen-bond donors (Lipinski definition) is 4. The lowest BCUT2D eigenvalue weighted by Crippen LogP contribution is -2.36. The molecule has 1 aliphatic heterocycles. The number of halogens is 1. The first-order chi connectivity index (χ1) is 18.2. The Morgan fingerprint density at radius 1 is 1.05 bits per heavy atom. The lowest BCUT2D eigenvalue weighted by atomic mass is 10.0. The zero-order chi connectivity index (χ0) is 27.0. The molecule has 0 aliphatic carbocycles. The minimum Gasteiger partial charge on any atom is -0.347 e. The molecule has 3 amide bonds. The van der Waals surface area contributed by atoms with Crippen LogP contribution in [0.3, 0.4) is 0 Å². The van der Waals surface area contributed by atoms with Gasteiger partial charge in [0.05, 0.1) is 0 Å². The first kappa shape index (κ1) is 24.5. The van der Waals surface area contributed by atoms with Crippen LogP contribution in [-0.4, -0.2) is 49.9 Å². The number of carbonyl (C=O) groups is 3. The number of carbonyl (C=O) groups excluding carboxylic acids is 3. The molecule has 2 aromatic heterocycles. The first-order valence-electron chi connectivity index (χ1n) is 11.4. The molecule has 0 unspecified atom stereocenters. The maximum Gasteiger partial charge on any atom is 0.340 e. The number of anilines is 1. The minimum atomic E-state index is -0.983. The van der Waals surface area contributed by atoms with Crippen molar-refractivity contribution in [2.24, 2.45) is 0 Å². The number of aromatic nitrogens is 5. The van der Waals surface area contributed by atoms with Crippen LogP contribution in [-0.2, 0) is 11.3 Å². The number of nitrogens with one attached hydrogen (secondary N) is 4. The van der Waals surface area contributed by atoms with Crippen molar-refractivity contribution in [1.29, 1.82) is 0 Å². The second-order valence-electron chi connectivity index (χ2n) is 8.66. The van der Waals surface area contributed by atoms with Crippen molar-refractivity contribution < 1.29 is 18.8 Å². The number of likely N-dealkylation sites (N-methyl/N-ethyl adjacent to an activating group) is 1. The van der Waals surface area contributed by atoms with Gasteiger partial charge in [-0.25, -0.2) is 24.3 Å². The summed E-state index contributed by atoms with van der Waals surface area (Å²) in [5.41, 5.74) is 2.23. The number of rotatable bonds is 6. The minimum absolute atomic E-state index is 0.0445. The van der Waals surface area contributed by atoms with Gasteiger partial charge < -0.3 is 15.5 Å². The van der Waals surface area contributed by atoms with E-state index in [4.69, 9.17) is 0 Å². The van der Waals surface area contributed by atoms with E-state index in [1.54, 1.807) is 44.3 Å². The molecule has 4 N–H and O–H groups in total. The summed E-state index contributed by atoms with van der Waals surface area (Å²) in [6, 6.07) is 9.77. The number of H-pyrrole nitrogens is 2. The molecule has 2 aromatic carbocycles. The molecule has 1 atom stereocenters. The average Bonchev–Trinajstić information content (AvgIpc) is 3.46. The molecular weight excluding hydrogens is 495 g/mol. The quantitative estimate of drug-likeness (QED) is 0.300. The number of amides is 3. The smallest absolute Gasteiger partial charge is 0.340 e. The molecule has 0 saturated heterocycles. The van der Waals surface area contributed by atoms with Gasteiger partial charge in [0.1, 0.15) is 29.6 Å². The summed E-state index contributed by atoms with van der Waals surface area (Å²) in [5, 5.41) is 11.5. The van der Waals surface area contributed by atoms with Crippen LogP contribution in [0.4, 0.5) is 10.1 Å². The first-order valence-corrected chi connectivity index (χ1v) is 11.4. The Morgan fingerprint density at radius 2 is 1.82 bits per heavy atom. The lowest BCUT2D eigenvalue weighted by molar-refractivity contribution is -0.119. The van der Waals surface area contributed by atoms with E-state index >= 15 is 0 Å². The fourth-order valence-corrected chi connectivity index (χ4v) is 4.12. The van der Waals surface area contributed by atoms with Gasteiger partial charge in [-0.05, 0) is 30.2 Å². The molecule has 0 saturated carbocycles. The second-order valence-corrected chi connectivity index (χ2v) is 8.66. The average molecular weight is 516 g/mol. The summed E-state index contributed by atoms with van der Waals surface area (Å²) in [6.07, 6.45) is 1.08.